The number of aryl methyl sites for hydroxylation is 1. The van der Waals surface area contributed by atoms with Crippen molar-refractivity contribution in [3.8, 4) is 0 Å². The van der Waals surface area contributed by atoms with Gasteiger partial charge in [-0.3, -0.25) is 9.69 Å². The van der Waals surface area contributed by atoms with Crippen LogP contribution in [0.5, 0.6) is 0 Å². The van der Waals surface area contributed by atoms with Crippen molar-refractivity contribution < 1.29 is 42.9 Å². The Morgan fingerprint density at radius 1 is 0.745 bits per heavy atom. The zero-order valence-electron chi connectivity index (χ0n) is 26.1. The summed E-state index contributed by atoms with van der Waals surface area (Å²) in [6.07, 6.45) is 0. The third-order valence-electron chi connectivity index (χ3n) is 7.66. The Kier molecular flexibility index (Phi) is 9.61. The molecular formula is C32H27Cl2NO9S3. The number of halogens is 2. The molecule has 10 nitrogen and oxygen atoms in total. The maximum absolute atomic E-state index is 14.5. The lowest BCUT2D eigenvalue weighted by Crippen LogP contribution is -2.54. The fraction of sp³-hybridized carbons (Fsp3) is 0.281. The van der Waals surface area contributed by atoms with Crippen LogP contribution >= 0.6 is 58.5 Å². The van der Waals surface area contributed by atoms with Crippen molar-refractivity contribution >= 4 is 99.5 Å². The Labute approximate surface area is 293 Å². The van der Waals surface area contributed by atoms with Gasteiger partial charge in [0.25, 0.3) is 5.91 Å². The number of anilines is 1. The zero-order valence-corrected chi connectivity index (χ0v) is 30.0. The first-order chi connectivity index (χ1) is 22.2. The van der Waals surface area contributed by atoms with Crippen molar-refractivity contribution in [2.45, 2.75) is 30.4 Å². The Balaban J connectivity index is 1.89. The average Bonchev–Trinajstić information content (AvgIpc) is 3.43. The average molecular weight is 737 g/mol. The van der Waals surface area contributed by atoms with E-state index >= 15 is 0 Å². The van der Waals surface area contributed by atoms with Gasteiger partial charge in [-0.05, 0) is 50.6 Å². The Morgan fingerprint density at radius 3 is 1.83 bits per heavy atom. The highest BCUT2D eigenvalue weighted by atomic mass is 35.5. The molecule has 0 aromatic heterocycles. The van der Waals surface area contributed by atoms with Crippen molar-refractivity contribution in [2.24, 2.45) is 0 Å². The van der Waals surface area contributed by atoms with Gasteiger partial charge in [0.2, 0.25) is 0 Å². The maximum atomic E-state index is 14.5. The normalized spacial score (nSPS) is 17.7. The van der Waals surface area contributed by atoms with Gasteiger partial charge < -0.3 is 18.9 Å². The lowest BCUT2D eigenvalue weighted by atomic mass is 9.82. The van der Waals surface area contributed by atoms with Crippen molar-refractivity contribution in [3.05, 3.63) is 88.3 Å². The smallest absolute Gasteiger partial charge is 0.345 e. The minimum atomic E-state index is -1.68. The number of fused-ring (bicyclic) bond motifs is 3. The number of nitrogens with zero attached hydrogens (tertiary/aromatic N) is 1. The molecule has 0 unspecified atom stereocenters. The standard InChI is InChI=1S/C32H27Cl2NO9S3/c1-14-8-10-17-19(12-14)35(26(36)16-11-9-15(33)13-18(16)34)31(2,3)25-20(17)32(21(27(37)41-4)22(45-25)28(38)42-5)46-23(29(39)43-6)24(47-32)30(40)44-7/h8-13H,1-7H3. The van der Waals surface area contributed by atoms with E-state index in [9.17, 15) is 24.0 Å². The predicted molar refractivity (Wildman–Crippen MR) is 183 cm³/mol. The lowest BCUT2D eigenvalue weighted by Gasteiger charge is -2.50. The summed E-state index contributed by atoms with van der Waals surface area (Å²) < 4.78 is 18.7. The number of methoxy groups -OCH3 is 4. The van der Waals surface area contributed by atoms with E-state index in [-0.39, 0.29) is 30.9 Å². The summed E-state index contributed by atoms with van der Waals surface area (Å²) in [5.41, 5.74) is 1.04. The number of carbonyl (C=O) groups is 5. The van der Waals surface area contributed by atoms with Gasteiger partial charge in [-0.2, -0.15) is 0 Å². The number of thioether (sulfide) groups is 3. The number of rotatable bonds is 5. The van der Waals surface area contributed by atoms with Gasteiger partial charge >= 0.3 is 23.9 Å². The van der Waals surface area contributed by atoms with Gasteiger partial charge in [-0.15, -0.1) is 0 Å². The highest BCUT2D eigenvalue weighted by molar-refractivity contribution is 8.26. The van der Waals surface area contributed by atoms with Gasteiger partial charge in [0, 0.05) is 21.1 Å². The largest absolute Gasteiger partial charge is 0.466 e. The summed E-state index contributed by atoms with van der Waals surface area (Å²) in [4.78, 5) is 69.8. The summed E-state index contributed by atoms with van der Waals surface area (Å²) in [7, 11) is 4.64. The van der Waals surface area contributed by atoms with Gasteiger partial charge in [-0.1, -0.05) is 70.6 Å². The number of hydrogen-bond acceptors (Lipinski definition) is 12. The third kappa shape index (κ3) is 5.55. The first kappa shape index (κ1) is 35.0. The van der Waals surface area contributed by atoms with Crippen LogP contribution in [-0.2, 0) is 38.1 Å². The van der Waals surface area contributed by atoms with Crippen LogP contribution in [0.2, 0.25) is 10.0 Å². The number of hydrogen-bond donors (Lipinski definition) is 0. The van der Waals surface area contributed by atoms with Crippen LogP contribution in [0.4, 0.5) is 5.69 Å². The molecule has 0 saturated heterocycles. The SMILES string of the molecule is COC(=O)C1=C(C(=O)OC)SC2(S1)C(C(=O)OC)=C(C(=O)OC)SC1=C2c2ccc(C)cc2N(C(=O)c2ccc(Cl)cc2Cl)C1(C)C. The molecule has 0 atom stereocenters. The van der Waals surface area contributed by atoms with E-state index < -0.39 is 39.4 Å². The molecule has 0 radical (unpaired) electrons. The van der Waals surface area contributed by atoms with Crippen LogP contribution in [-0.4, -0.2) is 67.8 Å². The van der Waals surface area contributed by atoms with Crippen molar-refractivity contribution in [2.75, 3.05) is 33.3 Å². The maximum Gasteiger partial charge on any atom is 0.345 e. The second kappa shape index (κ2) is 12.9. The molecule has 0 bridgehead atoms. The number of carbonyl (C=O) groups excluding carboxylic acids is 5. The number of ether oxygens (including phenoxy) is 4. The molecule has 5 rings (SSSR count). The van der Waals surface area contributed by atoms with Crippen LogP contribution in [0.15, 0.2) is 61.6 Å². The fourth-order valence-electron chi connectivity index (χ4n) is 5.57. The topological polar surface area (TPSA) is 126 Å². The minimum Gasteiger partial charge on any atom is -0.466 e. The molecule has 3 aliphatic heterocycles. The number of esters is 4. The molecule has 0 fully saturated rings. The summed E-state index contributed by atoms with van der Waals surface area (Å²) in [5.74, 6) is -3.91. The monoisotopic (exact) mass is 735 g/mol. The predicted octanol–water partition coefficient (Wildman–Crippen LogP) is 6.53. The molecule has 0 saturated carbocycles. The molecule has 246 valence electrons. The molecule has 15 heteroatoms. The molecule has 2 aromatic rings. The lowest BCUT2D eigenvalue weighted by molar-refractivity contribution is -0.138. The fourth-order valence-corrected chi connectivity index (χ4v) is 11.1. The molecule has 47 heavy (non-hydrogen) atoms. The first-order valence-corrected chi connectivity index (χ1v) is 16.9. The minimum absolute atomic E-state index is 0.133. The van der Waals surface area contributed by atoms with E-state index in [0.29, 0.717) is 26.8 Å². The quantitative estimate of drug-likeness (QED) is 0.245. The van der Waals surface area contributed by atoms with Crippen LogP contribution < -0.4 is 4.90 Å². The van der Waals surface area contributed by atoms with Gasteiger partial charge in [0.1, 0.15) is 18.8 Å². The number of benzene rings is 2. The van der Waals surface area contributed by atoms with Gasteiger partial charge in [0.05, 0.1) is 55.8 Å². The van der Waals surface area contributed by atoms with E-state index in [4.69, 9.17) is 42.1 Å². The number of amides is 1. The molecular weight excluding hydrogens is 709 g/mol. The van der Waals surface area contributed by atoms with E-state index in [0.717, 1.165) is 69.3 Å². The highest BCUT2D eigenvalue weighted by Crippen LogP contribution is 2.71. The van der Waals surface area contributed by atoms with Crippen LogP contribution in [0.25, 0.3) is 5.57 Å². The van der Waals surface area contributed by atoms with E-state index in [2.05, 4.69) is 0 Å². The van der Waals surface area contributed by atoms with Crippen molar-refractivity contribution in [3.63, 3.8) is 0 Å². The van der Waals surface area contributed by atoms with Crippen LogP contribution in [0.1, 0.15) is 35.3 Å². The zero-order chi connectivity index (χ0) is 34.6. The molecule has 1 amide bonds. The van der Waals surface area contributed by atoms with Crippen molar-refractivity contribution in [1.29, 1.82) is 0 Å². The highest BCUT2D eigenvalue weighted by Gasteiger charge is 2.61. The summed E-state index contributed by atoms with van der Waals surface area (Å²) >= 11 is 15.3. The Bertz CT molecular complexity index is 1850. The second-order valence-corrected chi connectivity index (χ2v) is 15.4. The summed E-state index contributed by atoms with van der Waals surface area (Å²) in [6, 6.07) is 10.00. The van der Waals surface area contributed by atoms with Gasteiger partial charge in [-0.25, -0.2) is 19.2 Å². The van der Waals surface area contributed by atoms with Crippen molar-refractivity contribution in [1.82, 2.24) is 0 Å². The Morgan fingerprint density at radius 2 is 1.30 bits per heavy atom. The summed E-state index contributed by atoms with van der Waals surface area (Å²) in [6.45, 7) is 5.43. The van der Waals surface area contributed by atoms with E-state index in [1.54, 1.807) is 30.9 Å². The molecule has 0 aliphatic carbocycles. The molecule has 1 spiro atoms. The van der Waals surface area contributed by atoms with E-state index in [1.807, 2.05) is 19.1 Å². The third-order valence-corrected chi connectivity index (χ3v) is 12.9. The van der Waals surface area contributed by atoms with Gasteiger partial charge in [0.15, 0.2) is 0 Å². The van der Waals surface area contributed by atoms with E-state index in [1.165, 1.54) is 12.1 Å². The molecule has 2 aromatic carbocycles. The second-order valence-electron chi connectivity index (χ2n) is 10.8. The summed E-state index contributed by atoms with van der Waals surface area (Å²) in [5, 5.41) is 0.490. The first-order valence-electron chi connectivity index (χ1n) is 13.7. The molecule has 3 aliphatic rings. The van der Waals surface area contributed by atoms with Crippen LogP contribution in [0, 0.1) is 6.92 Å². The Hall–Kier alpha value is -3.36. The van der Waals surface area contributed by atoms with Crippen LogP contribution in [0.3, 0.4) is 0 Å². The molecule has 0 N–H and O–H groups in total. The molecule has 3 heterocycles.